The maximum absolute atomic E-state index is 11.1. The van der Waals surface area contributed by atoms with E-state index in [9.17, 15) is 4.79 Å². The van der Waals surface area contributed by atoms with Gasteiger partial charge in [0.1, 0.15) is 0 Å². The number of hydrogen-bond acceptors (Lipinski definition) is 1. The van der Waals surface area contributed by atoms with Crippen LogP contribution in [0.15, 0.2) is 22.7 Å². The van der Waals surface area contributed by atoms with Crippen molar-refractivity contribution in [3.05, 3.63) is 33.8 Å². The summed E-state index contributed by atoms with van der Waals surface area (Å²) >= 11 is 14.5. The zero-order chi connectivity index (χ0) is 10.6. The highest BCUT2D eigenvalue weighted by atomic mass is 79.9. The topological polar surface area (TPSA) is 17.1 Å². The maximum Gasteiger partial charge on any atom is 0.151 e. The van der Waals surface area contributed by atoms with Gasteiger partial charge in [-0.3, -0.25) is 4.79 Å². The van der Waals surface area contributed by atoms with Crippen LogP contribution in [0.1, 0.15) is 11.1 Å². The number of carbonyl (C=O) groups is 1. The zero-order valence-electron chi connectivity index (χ0n) is 7.40. The summed E-state index contributed by atoms with van der Waals surface area (Å²) in [6.45, 7) is 0. The van der Waals surface area contributed by atoms with Crippen molar-refractivity contribution in [2.75, 3.05) is 5.88 Å². The first-order chi connectivity index (χ1) is 6.67. The average molecular weight is 296 g/mol. The number of ketones is 1. The highest BCUT2D eigenvalue weighted by Crippen LogP contribution is 2.20. The van der Waals surface area contributed by atoms with Crippen molar-refractivity contribution in [1.82, 2.24) is 0 Å². The Balaban J connectivity index is 2.89. The van der Waals surface area contributed by atoms with Crippen LogP contribution in [0.4, 0.5) is 0 Å². The van der Waals surface area contributed by atoms with Gasteiger partial charge < -0.3 is 0 Å². The minimum absolute atomic E-state index is 0.0130. The van der Waals surface area contributed by atoms with Crippen molar-refractivity contribution in [2.24, 2.45) is 0 Å². The Labute approximate surface area is 102 Å². The van der Waals surface area contributed by atoms with Crippen LogP contribution in [0.2, 0.25) is 0 Å². The maximum atomic E-state index is 11.1. The molecule has 1 aromatic rings. The van der Waals surface area contributed by atoms with E-state index in [0.29, 0.717) is 12.3 Å². The van der Waals surface area contributed by atoms with Gasteiger partial charge in [0.05, 0.1) is 5.88 Å². The van der Waals surface area contributed by atoms with Gasteiger partial charge in [-0.2, -0.15) is 0 Å². The summed E-state index contributed by atoms with van der Waals surface area (Å²) in [5.74, 6) is 0.520. The lowest BCUT2D eigenvalue weighted by Gasteiger charge is -2.04. The van der Waals surface area contributed by atoms with E-state index in [0.717, 1.165) is 15.6 Å². The van der Waals surface area contributed by atoms with E-state index in [1.807, 2.05) is 18.2 Å². The van der Waals surface area contributed by atoms with Crippen molar-refractivity contribution in [3.8, 4) is 0 Å². The van der Waals surface area contributed by atoms with Crippen LogP contribution in [0, 0.1) is 0 Å². The van der Waals surface area contributed by atoms with E-state index in [1.54, 1.807) is 0 Å². The van der Waals surface area contributed by atoms with Crippen molar-refractivity contribution < 1.29 is 4.79 Å². The summed E-state index contributed by atoms with van der Waals surface area (Å²) in [6, 6.07) is 5.74. The van der Waals surface area contributed by atoms with Gasteiger partial charge in [0.15, 0.2) is 5.78 Å². The Morgan fingerprint density at radius 3 is 2.64 bits per heavy atom. The minimum atomic E-state index is 0.0130. The molecule has 1 rings (SSSR count). The Kier molecular flexibility index (Phi) is 4.93. The Hall–Kier alpha value is -0.0500. The second-order valence-corrected chi connectivity index (χ2v) is 4.30. The first kappa shape index (κ1) is 12.0. The smallest absolute Gasteiger partial charge is 0.151 e. The standard InChI is InChI=1S/C10H9BrCl2O/c11-10-2-1-7(5-12)3-8(10)4-9(14)6-13/h1-3H,4-6H2. The molecule has 14 heavy (non-hydrogen) atoms. The fourth-order valence-corrected chi connectivity index (χ4v) is 1.75. The molecule has 0 amide bonds. The van der Waals surface area contributed by atoms with Crippen LogP contribution in [0.5, 0.6) is 0 Å². The van der Waals surface area contributed by atoms with Crippen LogP contribution in [0.3, 0.4) is 0 Å². The SMILES string of the molecule is O=C(CCl)Cc1cc(CCl)ccc1Br. The molecule has 0 bridgehead atoms. The third-order valence-electron chi connectivity index (χ3n) is 1.80. The summed E-state index contributed by atoms with van der Waals surface area (Å²) in [5, 5.41) is 0. The molecule has 0 fully saturated rings. The van der Waals surface area contributed by atoms with Gasteiger partial charge >= 0.3 is 0 Å². The number of carbonyl (C=O) groups excluding carboxylic acids is 1. The lowest BCUT2D eigenvalue weighted by Crippen LogP contribution is -2.04. The number of halogens is 3. The van der Waals surface area contributed by atoms with E-state index in [1.165, 1.54) is 0 Å². The Bertz CT molecular complexity index is 339. The third kappa shape index (κ3) is 3.26. The number of benzene rings is 1. The highest BCUT2D eigenvalue weighted by molar-refractivity contribution is 9.10. The van der Waals surface area contributed by atoms with Crippen molar-refractivity contribution in [2.45, 2.75) is 12.3 Å². The van der Waals surface area contributed by atoms with Crippen LogP contribution >= 0.6 is 39.1 Å². The molecule has 1 nitrogen and oxygen atoms in total. The normalized spacial score (nSPS) is 10.2. The summed E-state index contributed by atoms with van der Waals surface area (Å²) in [5.41, 5.74) is 1.95. The summed E-state index contributed by atoms with van der Waals surface area (Å²) in [7, 11) is 0. The van der Waals surface area contributed by atoms with E-state index in [4.69, 9.17) is 23.2 Å². The zero-order valence-corrected chi connectivity index (χ0v) is 10.5. The molecular formula is C10H9BrCl2O. The molecule has 0 saturated carbocycles. The van der Waals surface area contributed by atoms with Gasteiger partial charge in [0.2, 0.25) is 0 Å². The molecule has 0 N–H and O–H groups in total. The van der Waals surface area contributed by atoms with Crippen LogP contribution in [-0.4, -0.2) is 11.7 Å². The molecule has 0 unspecified atom stereocenters. The quantitative estimate of drug-likeness (QED) is 0.777. The lowest BCUT2D eigenvalue weighted by atomic mass is 10.1. The molecule has 0 aliphatic carbocycles. The largest absolute Gasteiger partial charge is 0.298 e. The predicted molar refractivity (Wildman–Crippen MR) is 63.1 cm³/mol. The molecule has 1 aromatic carbocycles. The second-order valence-electron chi connectivity index (χ2n) is 2.91. The molecule has 0 saturated heterocycles. The fraction of sp³-hybridized carbons (Fsp3) is 0.300. The van der Waals surface area contributed by atoms with E-state index in [2.05, 4.69) is 15.9 Å². The number of rotatable bonds is 4. The van der Waals surface area contributed by atoms with Crippen LogP contribution in [0.25, 0.3) is 0 Å². The number of hydrogen-bond donors (Lipinski definition) is 0. The van der Waals surface area contributed by atoms with Gasteiger partial charge in [0, 0.05) is 16.8 Å². The molecular weight excluding hydrogens is 287 g/mol. The molecule has 0 aliphatic heterocycles. The molecule has 0 atom stereocenters. The number of Topliss-reactive ketones (excluding diaryl/α,β-unsaturated/α-hetero) is 1. The second kappa shape index (κ2) is 5.74. The molecule has 0 radical (unpaired) electrons. The first-order valence-corrected chi connectivity index (χ1v) is 5.94. The van der Waals surface area contributed by atoms with Gasteiger partial charge in [-0.1, -0.05) is 28.1 Å². The minimum Gasteiger partial charge on any atom is -0.298 e. The Morgan fingerprint density at radius 1 is 1.36 bits per heavy atom. The van der Waals surface area contributed by atoms with Crippen LogP contribution in [-0.2, 0) is 17.1 Å². The van der Waals surface area contributed by atoms with Gasteiger partial charge in [-0.25, -0.2) is 0 Å². The highest BCUT2D eigenvalue weighted by Gasteiger charge is 2.06. The molecule has 4 heteroatoms. The molecule has 0 heterocycles. The van der Waals surface area contributed by atoms with Crippen molar-refractivity contribution in [1.29, 1.82) is 0 Å². The Morgan fingerprint density at radius 2 is 2.07 bits per heavy atom. The van der Waals surface area contributed by atoms with Gasteiger partial charge in [-0.15, -0.1) is 23.2 Å². The van der Waals surface area contributed by atoms with E-state index >= 15 is 0 Å². The third-order valence-corrected chi connectivity index (χ3v) is 3.18. The van der Waals surface area contributed by atoms with Gasteiger partial charge in [-0.05, 0) is 17.2 Å². The van der Waals surface area contributed by atoms with Crippen LogP contribution < -0.4 is 0 Å². The van der Waals surface area contributed by atoms with E-state index in [-0.39, 0.29) is 11.7 Å². The van der Waals surface area contributed by atoms with Crippen molar-refractivity contribution >= 4 is 44.9 Å². The molecule has 0 aromatic heterocycles. The van der Waals surface area contributed by atoms with Gasteiger partial charge in [0.25, 0.3) is 0 Å². The van der Waals surface area contributed by atoms with Crippen molar-refractivity contribution in [3.63, 3.8) is 0 Å². The molecule has 0 aliphatic rings. The monoisotopic (exact) mass is 294 g/mol. The fourth-order valence-electron chi connectivity index (χ4n) is 1.11. The number of alkyl halides is 2. The van der Waals surface area contributed by atoms with E-state index < -0.39 is 0 Å². The lowest BCUT2D eigenvalue weighted by molar-refractivity contribution is -0.116. The summed E-state index contributed by atoms with van der Waals surface area (Å²) in [6.07, 6.45) is 0.356. The predicted octanol–water partition coefficient (Wildman–Crippen LogP) is 3.54. The summed E-state index contributed by atoms with van der Waals surface area (Å²) < 4.78 is 0.921. The summed E-state index contributed by atoms with van der Waals surface area (Å²) in [4.78, 5) is 11.1. The molecule has 76 valence electrons. The first-order valence-electron chi connectivity index (χ1n) is 4.08. The molecule has 0 spiro atoms. The average Bonchev–Trinajstić information content (AvgIpc) is 2.21.